The maximum atomic E-state index is 5.57. The monoisotopic (exact) mass is 416 g/mol. The summed E-state index contributed by atoms with van der Waals surface area (Å²) >= 11 is 10.6. The zero-order valence-corrected chi connectivity index (χ0v) is 18.4. The first-order valence-corrected chi connectivity index (χ1v) is 12.6. The van der Waals surface area contributed by atoms with Gasteiger partial charge in [0.05, 0.1) is 16.3 Å². The van der Waals surface area contributed by atoms with Gasteiger partial charge in [0.15, 0.2) is 0 Å². The number of rotatable bonds is 6. The third-order valence-electron chi connectivity index (χ3n) is 2.80. The molecule has 1 rings (SSSR count). The molecule has 128 valence electrons. The molecule has 0 atom stereocenters. The average Bonchev–Trinajstić information content (AvgIpc) is 2.43. The Kier molecular flexibility index (Phi) is 10.5. The zero-order chi connectivity index (χ0) is 16.6. The molecule has 0 aliphatic heterocycles. The standard InChI is InChI=1S/C14H24O2S6/c1-10(2)15-12(17)19-21-14(8-6-5-7-9-14)22-20-13(18)16-11(3)4/h10-11H,5-9H2,1-4H3. The fourth-order valence-corrected chi connectivity index (χ4v) is 9.01. The Labute approximate surface area is 161 Å². The van der Waals surface area contributed by atoms with Gasteiger partial charge in [-0.2, -0.15) is 0 Å². The molecule has 0 N–H and O–H groups in total. The van der Waals surface area contributed by atoms with Crippen molar-refractivity contribution < 1.29 is 9.47 Å². The molecule has 0 heterocycles. The third-order valence-corrected chi connectivity index (χ3v) is 10.6. The number of hydrogen-bond acceptors (Lipinski definition) is 8. The molecule has 0 amide bonds. The molecule has 0 aromatic heterocycles. The summed E-state index contributed by atoms with van der Waals surface area (Å²) in [6, 6.07) is 0. The van der Waals surface area contributed by atoms with Crippen molar-refractivity contribution in [1.29, 1.82) is 0 Å². The first-order valence-electron chi connectivity index (χ1n) is 7.45. The molecule has 1 aliphatic rings. The van der Waals surface area contributed by atoms with Crippen LogP contribution in [0, 0.1) is 0 Å². The van der Waals surface area contributed by atoms with Crippen LogP contribution in [0.1, 0.15) is 59.8 Å². The van der Waals surface area contributed by atoms with E-state index in [2.05, 4.69) is 0 Å². The van der Waals surface area contributed by atoms with Gasteiger partial charge in [0.25, 0.3) is 0 Å². The minimum Gasteiger partial charge on any atom is -0.475 e. The molecule has 1 aliphatic carbocycles. The van der Waals surface area contributed by atoms with Gasteiger partial charge < -0.3 is 9.47 Å². The Morgan fingerprint density at radius 1 is 0.818 bits per heavy atom. The summed E-state index contributed by atoms with van der Waals surface area (Å²) in [5.41, 5.74) is 0. The second kappa shape index (κ2) is 10.9. The smallest absolute Gasteiger partial charge is 0.231 e. The molecule has 0 bridgehead atoms. The molecule has 0 aromatic rings. The van der Waals surface area contributed by atoms with Gasteiger partial charge in [0.1, 0.15) is 0 Å². The quantitative estimate of drug-likeness (QED) is 0.263. The molecule has 0 aromatic carbocycles. The lowest BCUT2D eigenvalue weighted by molar-refractivity contribution is 0.243. The van der Waals surface area contributed by atoms with Crippen LogP contribution < -0.4 is 0 Å². The van der Waals surface area contributed by atoms with E-state index in [0.717, 1.165) is 0 Å². The van der Waals surface area contributed by atoms with Gasteiger partial charge in [0.2, 0.25) is 8.77 Å². The number of hydrogen-bond donors (Lipinski definition) is 0. The first-order chi connectivity index (χ1) is 10.3. The molecule has 2 nitrogen and oxygen atoms in total. The molecular formula is C14H24O2S6. The zero-order valence-electron chi connectivity index (χ0n) is 13.5. The van der Waals surface area contributed by atoms with E-state index in [9.17, 15) is 0 Å². The van der Waals surface area contributed by atoms with E-state index in [0.29, 0.717) is 8.77 Å². The van der Waals surface area contributed by atoms with Crippen molar-refractivity contribution in [1.82, 2.24) is 0 Å². The summed E-state index contributed by atoms with van der Waals surface area (Å²) in [5.74, 6) is 0. The highest BCUT2D eigenvalue weighted by atomic mass is 33.1. The van der Waals surface area contributed by atoms with Crippen LogP contribution in [0.25, 0.3) is 0 Å². The lowest BCUT2D eigenvalue weighted by atomic mass is 10.00. The van der Waals surface area contributed by atoms with Crippen LogP contribution in [0.2, 0.25) is 0 Å². The SMILES string of the molecule is CC(C)OC(=S)SSC1(SSC(=S)OC(C)C)CCCCC1. The summed E-state index contributed by atoms with van der Waals surface area (Å²) in [6.07, 6.45) is 6.47. The summed E-state index contributed by atoms with van der Waals surface area (Å²) in [5, 5.41) is 0. The van der Waals surface area contributed by atoms with E-state index in [1.54, 1.807) is 21.6 Å². The Morgan fingerprint density at radius 3 is 1.59 bits per heavy atom. The van der Waals surface area contributed by atoms with Gasteiger partial charge in [-0.25, -0.2) is 0 Å². The molecule has 0 radical (unpaired) electrons. The number of thiocarbonyl (C=S) groups is 2. The van der Waals surface area contributed by atoms with Crippen LogP contribution in [-0.2, 0) is 9.47 Å². The van der Waals surface area contributed by atoms with Gasteiger partial charge in [-0.05, 0) is 86.6 Å². The lowest BCUT2D eigenvalue weighted by Gasteiger charge is -2.34. The first kappa shape index (κ1) is 21.2. The van der Waals surface area contributed by atoms with Crippen LogP contribution in [0.5, 0.6) is 0 Å². The third kappa shape index (κ3) is 8.87. The highest BCUT2D eigenvalue weighted by molar-refractivity contribution is 8.91. The van der Waals surface area contributed by atoms with Crippen molar-refractivity contribution >= 4 is 76.4 Å². The van der Waals surface area contributed by atoms with Crippen molar-refractivity contribution in [3.05, 3.63) is 0 Å². The highest BCUT2D eigenvalue weighted by Crippen LogP contribution is 2.57. The summed E-state index contributed by atoms with van der Waals surface area (Å²) < 4.78 is 12.5. The van der Waals surface area contributed by atoms with Gasteiger partial charge >= 0.3 is 0 Å². The topological polar surface area (TPSA) is 18.5 Å². The second-order valence-electron chi connectivity index (χ2n) is 5.64. The molecule has 1 fully saturated rings. The fraction of sp³-hybridized carbons (Fsp3) is 0.857. The van der Waals surface area contributed by atoms with Gasteiger partial charge in [-0.1, -0.05) is 40.9 Å². The molecule has 0 unspecified atom stereocenters. The van der Waals surface area contributed by atoms with E-state index in [1.165, 1.54) is 32.1 Å². The fourth-order valence-electron chi connectivity index (χ4n) is 1.92. The maximum Gasteiger partial charge on any atom is 0.231 e. The van der Waals surface area contributed by atoms with Gasteiger partial charge in [0, 0.05) is 0 Å². The minimum absolute atomic E-state index is 0.136. The van der Waals surface area contributed by atoms with E-state index < -0.39 is 0 Å². The van der Waals surface area contributed by atoms with Crippen molar-refractivity contribution in [3.8, 4) is 0 Å². The summed E-state index contributed by atoms with van der Waals surface area (Å²) in [6.45, 7) is 8.00. The Hall–Kier alpha value is 1.18. The predicted octanol–water partition coefficient (Wildman–Crippen LogP) is 6.83. The van der Waals surface area contributed by atoms with Gasteiger partial charge in [-0.15, -0.1) is 0 Å². The molecule has 22 heavy (non-hydrogen) atoms. The van der Waals surface area contributed by atoms with E-state index >= 15 is 0 Å². The Balaban J connectivity index is 2.50. The van der Waals surface area contributed by atoms with E-state index in [1.807, 2.05) is 49.3 Å². The maximum absolute atomic E-state index is 5.57. The van der Waals surface area contributed by atoms with Gasteiger partial charge in [-0.3, -0.25) is 0 Å². The van der Waals surface area contributed by atoms with Crippen LogP contribution in [0.3, 0.4) is 0 Å². The second-order valence-corrected chi connectivity index (χ2v) is 12.1. The van der Waals surface area contributed by atoms with Crippen molar-refractivity contribution in [2.45, 2.75) is 76.1 Å². The van der Waals surface area contributed by atoms with Crippen molar-refractivity contribution in [2.24, 2.45) is 0 Å². The molecule has 8 heteroatoms. The molecule has 0 saturated heterocycles. The summed E-state index contributed by atoms with van der Waals surface area (Å²) in [4.78, 5) is 0. The minimum atomic E-state index is 0.136. The van der Waals surface area contributed by atoms with Crippen LogP contribution in [-0.4, -0.2) is 25.1 Å². The van der Waals surface area contributed by atoms with Crippen LogP contribution in [0.4, 0.5) is 0 Å². The van der Waals surface area contributed by atoms with Crippen molar-refractivity contribution in [3.63, 3.8) is 0 Å². The van der Waals surface area contributed by atoms with Crippen LogP contribution in [0.15, 0.2) is 0 Å². The Bertz CT molecular complexity index is 338. The summed E-state index contributed by atoms with van der Waals surface area (Å²) in [7, 11) is 6.83. The molecule has 0 spiro atoms. The normalized spacial score (nSPS) is 17.5. The largest absolute Gasteiger partial charge is 0.475 e. The number of ether oxygens (including phenoxy) is 2. The van der Waals surface area contributed by atoms with Crippen molar-refractivity contribution in [2.75, 3.05) is 0 Å². The predicted molar refractivity (Wildman–Crippen MR) is 114 cm³/mol. The average molecular weight is 417 g/mol. The van der Waals surface area contributed by atoms with E-state index in [-0.39, 0.29) is 16.3 Å². The highest BCUT2D eigenvalue weighted by Gasteiger charge is 2.35. The molecule has 1 saturated carbocycles. The molecular weight excluding hydrogens is 393 g/mol. The lowest BCUT2D eigenvalue weighted by Crippen LogP contribution is -2.22. The van der Waals surface area contributed by atoms with Crippen LogP contribution >= 0.6 is 67.6 Å². The Morgan fingerprint density at radius 2 is 1.23 bits per heavy atom. The van der Waals surface area contributed by atoms with E-state index in [4.69, 9.17) is 33.9 Å².